The van der Waals surface area contributed by atoms with Crippen molar-refractivity contribution in [1.29, 1.82) is 0 Å². The van der Waals surface area contributed by atoms with E-state index in [1.54, 1.807) is 0 Å². The molecule has 0 nitrogen and oxygen atoms in total. The first-order valence-electron chi connectivity index (χ1n) is 5.25. The Bertz CT molecular complexity index is 103. The molecule has 0 radical (unpaired) electrons. The summed E-state index contributed by atoms with van der Waals surface area (Å²) in [5.74, 6) is 3.03. The molecule has 1 aliphatic rings. The Labute approximate surface area is 71.4 Å². The molecule has 0 heterocycles. The molecule has 2 atom stereocenters. The summed E-state index contributed by atoms with van der Waals surface area (Å²) in [6.45, 7) is 7.17. The quantitative estimate of drug-likeness (QED) is 0.577. The Kier molecular flexibility index (Phi) is 3.42. The molecule has 1 saturated carbocycles. The van der Waals surface area contributed by atoms with Crippen molar-refractivity contribution in [3.05, 3.63) is 0 Å². The fourth-order valence-electron chi connectivity index (χ4n) is 2.15. The molecule has 0 heteroatoms. The lowest BCUT2D eigenvalue weighted by Crippen LogP contribution is -2.24. The highest BCUT2D eigenvalue weighted by Gasteiger charge is 2.26. The van der Waals surface area contributed by atoms with Crippen LogP contribution in [-0.2, 0) is 0 Å². The van der Waals surface area contributed by atoms with Crippen LogP contribution in [-0.4, -0.2) is 0 Å². The van der Waals surface area contributed by atoms with Gasteiger partial charge in [-0.2, -0.15) is 0 Å². The third kappa shape index (κ3) is 2.21. The number of rotatable bonds is 4. The van der Waals surface area contributed by atoms with Gasteiger partial charge in [-0.25, -0.2) is 0 Å². The second kappa shape index (κ2) is 4.13. The Balaban J connectivity index is 2.21. The molecule has 11 heavy (non-hydrogen) atoms. The summed E-state index contributed by atoms with van der Waals surface area (Å²) >= 11 is 0. The van der Waals surface area contributed by atoms with Crippen molar-refractivity contribution in [2.24, 2.45) is 17.8 Å². The maximum absolute atomic E-state index is 2.45. The monoisotopic (exact) mass is 154 g/mol. The molecule has 66 valence electrons. The van der Waals surface area contributed by atoms with E-state index >= 15 is 0 Å². The van der Waals surface area contributed by atoms with Crippen LogP contribution >= 0.6 is 0 Å². The van der Waals surface area contributed by atoms with Crippen molar-refractivity contribution in [3.8, 4) is 0 Å². The molecule has 1 aliphatic carbocycles. The van der Waals surface area contributed by atoms with E-state index in [-0.39, 0.29) is 0 Å². The third-order valence-corrected chi connectivity index (χ3v) is 3.53. The topological polar surface area (TPSA) is 0 Å². The van der Waals surface area contributed by atoms with Crippen LogP contribution in [0.2, 0.25) is 0 Å². The first-order valence-corrected chi connectivity index (χ1v) is 5.25. The van der Waals surface area contributed by atoms with Crippen LogP contribution in [0.5, 0.6) is 0 Å². The van der Waals surface area contributed by atoms with Crippen molar-refractivity contribution in [2.45, 2.75) is 52.9 Å². The van der Waals surface area contributed by atoms with E-state index < -0.39 is 0 Å². The maximum Gasteiger partial charge on any atom is -0.0386 e. The minimum atomic E-state index is 0.963. The lowest BCUT2D eigenvalue weighted by molar-refractivity contribution is 0.161. The SMILES string of the molecule is CCCC(C)C(C)C1CCC1. The third-order valence-electron chi connectivity index (χ3n) is 3.53. The zero-order chi connectivity index (χ0) is 8.27. The van der Waals surface area contributed by atoms with Gasteiger partial charge in [-0.1, -0.05) is 52.9 Å². The average Bonchev–Trinajstić information content (AvgIpc) is 1.84. The lowest BCUT2D eigenvalue weighted by atomic mass is 9.71. The van der Waals surface area contributed by atoms with E-state index in [1.165, 1.54) is 32.1 Å². The van der Waals surface area contributed by atoms with Gasteiger partial charge in [0.2, 0.25) is 0 Å². The second-order valence-corrected chi connectivity index (χ2v) is 4.32. The van der Waals surface area contributed by atoms with Crippen molar-refractivity contribution in [2.75, 3.05) is 0 Å². The summed E-state index contributed by atoms with van der Waals surface area (Å²) in [7, 11) is 0. The first kappa shape index (κ1) is 9.09. The summed E-state index contributed by atoms with van der Waals surface area (Å²) < 4.78 is 0. The van der Waals surface area contributed by atoms with Gasteiger partial charge in [0.25, 0.3) is 0 Å². The van der Waals surface area contributed by atoms with Crippen LogP contribution < -0.4 is 0 Å². The molecule has 0 saturated heterocycles. The molecule has 0 aliphatic heterocycles. The molecule has 0 amide bonds. The summed E-state index contributed by atoms with van der Waals surface area (Å²) in [6, 6.07) is 0. The molecule has 0 aromatic heterocycles. The van der Waals surface area contributed by atoms with E-state index in [9.17, 15) is 0 Å². The van der Waals surface area contributed by atoms with Gasteiger partial charge in [0.15, 0.2) is 0 Å². The van der Waals surface area contributed by atoms with Crippen LogP contribution in [0, 0.1) is 17.8 Å². The fourth-order valence-corrected chi connectivity index (χ4v) is 2.15. The minimum Gasteiger partial charge on any atom is -0.0654 e. The molecule has 0 aromatic rings. The molecular weight excluding hydrogens is 132 g/mol. The van der Waals surface area contributed by atoms with Gasteiger partial charge in [-0.3, -0.25) is 0 Å². The molecular formula is C11H22. The predicted molar refractivity (Wildman–Crippen MR) is 50.6 cm³/mol. The van der Waals surface area contributed by atoms with Crippen molar-refractivity contribution in [1.82, 2.24) is 0 Å². The Hall–Kier alpha value is 0. The molecule has 0 N–H and O–H groups in total. The van der Waals surface area contributed by atoms with Gasteiger partial charge < -0.3 is 0 Å². The van der Waals surface area contributed by atoms with E-state index in [2.05, 4.69) is 20.8 Å². The zero-order valence-corrected chi connectivity index (χ0v) is 8.27. The highest BCUT2D eigenvalue weighted by Crippen LogP contribution is 2.37. The first-order chi connectivity index (χ1) is 5.25. The van der Waals surface area contributed by atoms with Crippen molar-refractivity contribution < 1.29 is 0 Å². The largest absolute Gasteiger partial charge is 0.0654 e. The smallest absolute Gasteiger partial charge is 0.0386 e. The summed E-state index contributed by atoms with van der Waals surface area (Å²) in [5.41, 5.74) is 0. The standard InChI is InChI=1S/C11H22/c1-4-6-9(2)10(3)11-7-5-8-11/h9-11H,4-8H2,1-3H3. The van der Waals surface area contributed by atoms with E-state index in [0.717, 1.165) is 17.8 Å². The zero-order valence-electron chi connectivity index (χ0n) is 8.27. The Morgan fingerprint density at radius 2 is 1.91 bits per heavy atom. The summed E-state index contributed by atoms with van der Waals surface area (Å²) in [5, 5.41) is 0. The highest BCUT2D eigenvalue weighted by atomic mass is 14.3. The average molecular weight is 154 g/mol. The molecule has 0 spiro atoms. The highest BCUT2D eigenvalue weighted by molar-refractivity contribution is 4.77. The molecule has 1 fully saturated rings. The van der Waals surface area contributed by atoms with Crippen molar-refractivity contribution in [3.63, 3.8) is 0 Å². The van der Waals surface area contributed by atoms with E-state index in [0.29, 0.717) is 0 Å². The van der Waals surface area contributed by atoms with Gasteiger partial charge in [0.05, 0.1) is 0 Å². The second-order valence-electron chi connectivity index (χ2n) is 4.32. The van der Waals surface area contributed by atoms with Crippen LogP contribution in [0.4, 0.5) is 0 Å². The van der Waals surface area contributed by atoms with Crippen LogP contribution in [0.1, 0.15) is 52.9 Å². The Morgan fingerprint density at radius 1 is 1.27 bits per heavy atom. The van der Waals surface area contributed by atoms with Crippen molar-refractivity contribution >= 4 is 0 Å². The predicted octanol–water partition coefficient (Wildman–Crippen LogP) is 3.86. The Morgan fingerprint density at radius 3 is 2.27 bits per heavy atom. The van der Waals surface area contributed by atoms with E-state index in [1.807, 2.05) is 0 Å². The van der Waals surface area contributed by atoms with Gasteiger partial charge in [0.1, 0.15) is 0 Å². The lowest BCUT2D eigenvalue weighted by Gasteiger charge is -2.35. The van der Waals surface area contributed by atoms with E-state index in [4.69, 9.17) is 0 Å². The normalized spacial score (nSPS) is 24.3. The summed E-state index contributed by atoms with van der Waals surface area (Å²) in [6.07, 6.45) is 7.30. The van der Waals surface area contributed by atoms with Gasteiger partial charge in [-0.05, 0) is 17.8 Å². The van der Waals surface area contributed by atoms with Gasteiger partial charge in [-0.15, -0.1) is 0 Å². The molecule has 0 aromatic carbocycles. The number of hydrogen-bond donors (Lipinski definition) is 0. The maximum atomic E-state index is 2.45. The molecule has 2 unspecified atom stereocenters. The van der Waals surface area contributed by atoms with Crippen LogP contribution in [0.25, 0.3) is 0 Å². The minimum absolute atomic E-state index is 0.963. The van der Waals surface area contributed by atoms with Gasteiger partial charge >= 0.3 is 0 Å². The summed E-state index contributed by atoms with van der Waals surface area (Å²) in [4.78, 5) is 0. The number of hydrogen-bond acceptors (Lipinski definition) is 0. The van der Waals surface area contributed by atoms with Gasteiger partial charge in [0, 0.05) is 0 Å². The van der Waals surface area contributed by atoms with Crippen LogP contribution in [0.15, 0.2) is 0 Å². The fraction of sp³-hybridized carbons (Fsp3) is 1.00. The molecule has 0 bridgehead atoms. The molecule has 1 rings (SSSR count). The van der Waals surface area contributed by atoms with Crippen LogP contribution in [0.3, 0.4) is 0 Å².